The first-order valence-electron chi connectivity index (χ1n) is 4.96. The van der Waals surface area contributed by atoms with Gasteiger partial charge in [0.25, 0.3) is 0 Å². The third-order valence-corrected chi connectivity index (χ3v) is 2.55. The molecule has 3 nitrogen and oxygen atoms in total. The van der Waals surface area contributed by atoms with Crippen molar-refractivity contribution >= 4 is 19.1 Å². The predicted molar refractivity (Wildman–Crippen MR) is 58.9 cm³/mol. The highest BCUT2D eigenvalue weighted by atomic mass is 19.1. The van der Waals surface area contributed by atoms with Crippen molar-refractivity contribution in [2.75, 3.05) is 18.0 Å². The maximum absolute atomic E-state index is 13.0. The van der Waals surface area contributed by atoms with Gasteiger partial charge in [-0.05, 0) is 12.5 Å². The Balaban J connectivity index is 2.32. The quantitative estimate of drug-likeness (QED) is 0.591. The summed E-state index contributed by atoms with van der Waals surface area (Å²) < 4.78 is 13.0. The fourth-order valence-corrected chi connectivity index (χ4v) is 1.81. The molecule has 0 bridgehead atoms. The molecule has 1 aromatic heterocycles. The Hall–Kier alpha value is -1.57. The van der Waals surface area contributed by atoms with Gasteiger partial charge in [0.15, 0.2) is 0 Å². The standard InChI is InChI=1S/C10H11BFN3/c11-8-3-7(4-13)10(14-5-8)15-2-1-9(12)6-15/h3,5,9H,1-2,6,11H2. The molecule has 0 aliphatic carbocycles. The number of aromatic nitrogens is 1. The Bertz CT molecular complexity index is 416. The summed E-state index contributed by atoms with van der Waals surface area (Å²) in [5, 5.41) is 8.96. The summed E-state index contributed by atoms with van der Waals surface area (Å²) in [6.45, 7) is 0.997. The molecule has 0 N–H and O–H groups in total. The zero-order valence-corrected chi connectivity index (χ0v) is 8.57. The summed E-state index contributed by atoms with van der Waals surface area (Å²) in [7, 11) is 1.89. The summed E-state index contributed by atoms with van der Waals surface area (Å²) in [4.78, 5) is 6.04. The van der Waals surface area contributed by atoms with Crippen molar-refractivity contribution in [3.8, 4) is 6.07 Å². The largest absolute Gasteiger partial charge is 0.353 e. The van der Waals surface area contributed by atoms with Gasteiger partial charge in [-0.15, -0.1) is 0 Å². The number of halogens is 1. The van der Waals surface area contributed by atoms with Gasteiger partial charge >= 0.3 is 0 Å². The third kappa shape index (κ3) is 1.94. The number of pyridine rings is 1. The first-order valence-corrected chi connectivity index (χ1v) is 4.96. The van der Waals surface area contributed by atoms with Crippen LogP contribution >= 0.6 is 0 Å². The van der Waals surface area contributed by atoms with Gasteiger partial charge in [-0.2, -0.15) is 5.26 Å². The van der Waals surface area contributed by atoms with Gasteiger partial charge in [0.1, 0.15) is 25.9 Å². The van der Waals surface area contributed by atoms with Crippen LogP contribution in [0, 0.1) is 11.3 Å². The average molecular weight is 203 g/mol. The number of nitrogens with zero attached hydrogens (tertiary/aromatic N) is 3. The molecule has 1 atom stereocenters. The maximum atomic E-state index is 13.0. The molecule has 0 aromatic carbocycles. The van der Waals surface area contributed by atoms with Gasteiger partial charge in [0, 0.05) is 12.7 Å². The van der Waals surface area contributed by atoms with Crippen molar-refractivity contribution in [1.29, 1.82) is 5.26 Å². The van der Waals surface area contributed by atoms with Crippen molar-refractivity contribution in [1.82, 2.24) is 4.98 Å². The summed E-state index contributed by atoms with van der Waals surface area (Å²) in [5.41, 5.74) is 1.48. The Morgan fingerprint density at radius 2 is 2.47 bits per heavy atom. The molecule has 0 amide bonds. The molecule has 2 heterocycles. The Morgan fingerprint density at radius 1 is 1.67 bits per heavy atom. The SMILES string of the molecule is Bc1cnc(N2CCC(F)C2)c(C#N)c1. The Morgan fingerprint density at radius 3 is 3.07 bits per heavy atom. The monoisotopic (exact) mass is 203 g/mol. The molecule has 5 heteroatoms. The lowest BCUT2D eigenvalue weighted by Gasteiger charge is -2.17. The molecular formula is C10H11BFN3. The van der Waals surface area contributed by atoms with E-state index < -0.39 is 6.17 Å². The highest BCUT2D eigenvalue weighted by Gasteiger charge is 2.24. The number of anilines is 1. The molecule has 15 heavy (non-hydrogen) atoms. The second-order valence-corrected chi connectivity index (χ2v) is 3.83. The maximum Gasteiger partial charge on any atom is 0.146 e. The molecule has 0 radical (unpaired) electrons. The van der Waals surface area contributed by atoms with Crippen LogP contribution in [0.25, 0.3) is 0 Å². The first-order chi connectivity index (χ1) is 7.20. The van der Waals surface area contributed by atoms with Crippen molar-refractivity contribution in [2.45, 2.75) is 12.6 Å². The minimum atomic E-state index is -0.792. The molecule has 1 saturated heterocycles. The van der Waals surface area contributed by atoms with Crippen LogP contribution in [0.1, 0.15) is 12.0 Å². The minimum Gasteiger partial charge on any atom is -0.353 e. The van der Waals surface area contributed by atoms with Gasteiger partial charge in [-0.3, -0.25) is 0 Å². The number of rotatable bonds is 1. The topological polar surface area (TPSA) is 39.9 Å². The van der Waals surface area contributed by atoms with E-state index in [1.54, 1.807) is 12.3 Å². The van der Waals surface area contributed by atoms with Crippen LogP contribution in [0.4, 0.5) is 10.2 Å². The van der Waals surface area contributed by atoms with Crippen molar-refractivity contribution in [3.05, 3.63) is 17.8 Å². The molecule has 2 rings (SSSR count). The van der Waals surface area contributed by atoms with Crippen LogP contribution < -0.4 is 10.4 Å². The third-order valence-electron chi connectivity index (χ3n) is 2.55. The van der Waals surface area contributed by atoms with Crippen LogP contribution in [0.15, 0.2) is 12.3 Å². The zero-order chi connectivity index (χ0) is 10.8. The highest BCUT2D eigenvalue weighted by molar-refractivity contribution is 6.32. The van der Waals surface area contributed by atoms with Crippen molar-refractivity contribution in [2.24, 2.45) is 0 Å². The highest BCUT2D eigenvalue weighted by Crippen LogP contribution is 2.22. The fraction of sp³-hybridized carbons (Fsp3) is 0.400. The van der Waals surface area contributed by atoms with Gasteiger partial charge in [-0.25, -0.2) is 9.37 Å². The van der Waals surface area contributed by atoms with E-state index in [0.717, 1.165) is 5.46 Å². The normalized spacial score (nSPS) is 20.3. The van der Waals surface area contributed by atoms with E-state index in [1.807, 2.05) is 12.7 Å². The molecular weight excluding hydrogens is 192 g/mol. The summed E-state index contributed by atoms with van der Waals surface area (Å²) in [6.07, 6.45) is 1.45. The van der Waals surface area contributed by atoms with E-state index in [4.69, 9.17) is 5.26 Å². The number of hydrogen-bond acceptors (Lipinski definition) is 3. The van der Waals surface area contributed by atoms with Gasteiger partial charge in [-0.1, -0.05) is 5.46 Å². The smallest absolute Gasteiger partial charge is 0.146 e. The molecule has 1 aliphatic rings. The molecule has 1 aliphatic heterocycles. The number of hydrogen-bond donors (Lipinski definition) is 0. The number of nitriles is 1. The summed E-state index contributed by atoms with van der Waals surface area (Å²) in [5.74, 6) is 0.614. The molecule has 76 valence electrons. The van der Waals surface area contributed by atoms with Gasteiger partial charge in [0.05, 0.1) is 12.1 Å². The molecule has 1 fully saturated rings. The second-order valence-electron chi connectivity index (χ2n) is 3.83. The van der Waals surface area contributed by atoms with Crippen molar-refractivity contribution in [3.63, 3.8) is 0 Å². The summed E-state index contributed by atoms with van der Waals surface area (Å²) >= 11 is 0. The predicted octanol–water partition coefficient (Wildman–Crippen LogP) is -0.240. The van der Waals surface area contributed by atoms with E-state index in [2.05, 4.69) is 11.1 Å². The summed E-state index contributed by atoms with van der Waals surface area (Å²) in [6, 6.07) is 3.89. The van der Waals surface area contributed by atoms with Gasteiger partial charge in [0.2, 0.25) is 0 Å². The second kappa shape index (κ2) is 3.89. The molecule has 1 unspecified atom stereocenters. The lowest BCUT2D eigenvalue weighted by Crippen LogP contribution is -2.23. The molecule has 0 saturated carbocycles. The first kappa shape index (κ1) is 9.97. The van der Waals surface area contributed by atoms with E-state index in [-0.39, 0.29) is 0 Å². The fourth-order valence-electron chi connectivity index (χ4n) is 1.81. The zero-order valence-electron chi connectivity index (χ0n) is 8.57. The Labute approximate surface area is 88.9 Å². The number of alkyl halides is 1. The van der Waals surface area contributed by atoms with Crippen LogP contribution in [0.5, 0.6) is 0 Å². The van der Waals surface area contributed by atoms with E-state index >= 15 is 0 Å². The van der Waals surface area contributed by atoms with Crippen molar-refractivity contribution < 1.29 is 4.39 Å². The van der Waals surface area contributed by atoms with Gasteiger partial charge < -0.3 is 4.90 Å². The van der Waals surface area contributed by atoms with E-state index in [0.29, 0.717) is 30.9 Å². The van der Waals surface area contributed by atoms with Crippen LogP contribution in [0.3, 0.4) is 0 Å². The lowest BCUT2D eigenvalue weighted by molar-refractivity contribution is 0.364. The lowest BCUT2D eigenvalue weighted by atomic mass is 9.97. The Kier molecular flexibility index (Phi) is 2.59. The van der Waals surface area contributed by atoms with Crippen LogP contribution in [-0.2, 0) is 0 Å². The minimum absolute atomic E-state index is 0.352. The van der Waals surface area contributed by atoms with Crippen LogP contribution in [-0.4, -0.2) is 32.1 Å². The molecule has 1 aromatic rings. The average Bonchev–Trinajstić information content (AvgIpc) is 2.64. The van der Waals surface area contributed by atoms with Crippen LogP contribution in [0.2, 0.25) is 0 Å². The molecule has 0 spiro atoms. The van der Waals surface area contributed by atoms with E-state index in [1.165, 1.54) is 0 Å². The van der Waals surface area contributed by atoms with E-state index in [9.17, 15) is 4.39 Å².